The zero-order valence-corrected chi connectivity index (χ0v) is 6.73. The highest BCUT2D eigenvalue weighted by atomic mass is 16.4. The molecule has 0 spiro atoms. The van der Waals surface area contributed by atoms with E-state index >= 15 is 0 Å². The summed E-state index contributed by atoms with van der Waals surface area (Å²) in [5.74, 6) is -1.60. The van der Waals surface area contributed by atoms with Crippen molar-refractivity contribution in [3.05, 3.63) is 12.2 Å². The molecule has 0 aliphatic heterocycles. The van der Waals surface area contributed by atoms with Crippen molar-refractivity contribution in [3.8, 4) is 0 Å². The van der Waals surface area contributed by atoms with Gasteiger partial charge in [0.05, 0.1) is 6.61 Å². The molecule has 68 valence electrons. The van der Waals surface area contributed by atoms with Crippen molar-refractivity contribution in [1.82, 2.24) is 4.90 Å². The summed E-state index contributed by atoms with van der Waals surface area (Å²) in [4.78, 5) is 22.1. The maximum absolute atomic E-state index is 10.9. The molecule has 0 aromatic heterocycles. The quantitative estimate of drug-likeness (QED) is 0.539. The molecule has 0 heterocycles. The third-order valence-electron chi connectivity index (χ3n) is 1.18. The van der Waals surface area contributed by atoms with Gasteiger partial charge in [0.15, 0.2) is 0 Å². The number of carboxylic acids is 1. The zero-order chi connectivity index (χ0) is 9.56. The molecule has 5 nitrogen and oxygen atoms in total. The van der Waals surface area contributed by atoms with Crippen LogP contribution in [-0.4, -0.2) is 47.2 Å². The van der Waals surface area contributed by atoms with E-state index in [1.54, 1.807) is 0 Å². The first-order chi connectivity index (χ1) is 5.57. The molecular formula is C7H11NO4. The standard InChI is InChI=1S/C7H11NO4/c1-8(4-5-9)6(10)2-3-7(11)12/h2-3,9H,4-5H2,1H3,(H,11,12). The van der Waals surface area contributed by atoms with Crippen LogP contribution in [-0.2, 0) is 9.59 Å². The molecule has 0 aliphatic carbocycles. The number of amides is 1. The average Bonchev–Trinajstić information content (AvgIpc) is 2.00. The highest BCUT2D eigenvalue weighted by Gasteiger charge is 2.02. The van der Waals surface area contributed by atoms with Gasteiger partial charge in [0.1, 0.15) is 0 Å². The number of rotatable bonds is 4. The Morgan fingerprint density at radius 1 is 1.42 bits per heavy atom. The Balaban J connectivity index is 3.94. The topological polar surface area (TPSA) is 77.8 Å². The molecule has 0 aromatic rings. The molecule has 0 aromatic carbocycles. The molecule has 0 unspecified atom stereocenters. The van der Waals surface area contributed by atoms with E-state index in [1.807, 2.05) is 0 Å². The minimum atomic E-state index is -1.17. The first-order valence-corrected chi connectivity index (χ1v) is 3.35. The van der Waals surface area contributed by atoms with Crippen molar-refractivity contribution >= 4 is 11.9 Å². The minimum Gasteiger partial charge on any atom is -0.478 e. The van der Waals surface area contributed by atoms with E-state index in [0.717, 1.165) is 12.2 Å². The van der Waals surface area contributed by atoms with E-state index in [-0.39, 0.29) is 13.2 Å². The Kier molecular flexibility index (Phi) is 4.71. The van der Waals surface area contributed by atoms with Gasteiger partial charge in [0.2, 0.25) is 5.91 Å². The summed E-state index contributed by atoms with van der Waals surface area (Å²) < 4.78 is 0. The number of carbonyl (C=O) groups excluding carboxylic acids is 1. The number of carbonyl (C=O) groups is 2. The smallest absolute Gasteiger partial charge is 0.328 e. The van der Waals surface area contributed by atoms with Gasteiger partial charge >= 0.3 is 5.97 Å². The molecular weight excluding hydrogens is 162 g/mol. The molecule has 5 heteroatoms. The van der Waals surface area contributed by atoms with Gasteiger partial charge in [-0.3, -0.25) is 4.79 Å². The monoisotopic (exact) mass is 173 g/mol. The molecule has 1 amide bonds. The van der Waals surface area contributed by atoms with Gasteiger partial charge in [-0.05, 0) is 0 Å². The second-order valence-electron chi connectivity index (χ2n) is 2.15. The predicted octanol–water partition coefficient (Wildman–Crippen LogP) is -0.922. The van der Waals surface area contributed by atoms with E-state index < -0.39 is 11.9 Å². The van der Waals surface area contributed by atoms with Crippen LogP contribution in [0.25, 0.3) is 0 Å². The van der Waals surface area contributed by atoms with Crippen LogP contribution < -0.4 is 0 Å². The first kappa shape index (κ1) is 10.6. The number of carboxylic acid groups (broad SMARTS) is 1. The third-order valence-corrected chi connectivity index (χ3v) is 1.18. The maximum atomic E-state index is 10.9. The van der Waals surface area contributed by atoms with Gasteiger partial charge in [-0.2, -0.15) is 0 Å². The van der Waals surface area contributed by atoms with Crippen LogP contribution >= 0.6 is 0 Å². The fourth-order valence-corrected chi connectivity index (χ4v) is 0.530. The number of hydrogen-bond donors (Lipinski definition) is 2. The van der Waals surface area contributed by atoms with Gasteiger partial charge in [-0.15, -0.1) is 0 Å². The van der Waals surface area contributed by atoms with Crippen molar-refractivity contribution in [2.45, 2.75) is 0 Å². The van der Waals surface area contributed by atoms with E-state index in [1.165, 1.54) is 11.9 Å². The Morgan fingerprint density at radius 2 is 2.00 bits per heavy atom. The molecule has 0 atom stereocenters. The summed E-state index contributed by atoms with van der Waals surface area (Å²) in [6.45, 7) is 0.0615. The molecule has 0 rings (SSSR count). The van der Waals surface area contributed by atoms with E-state index in [0.29, 0.717) is 0 Å². The summed E-state index contributed by atoms with van der Waals surface area (Å²) in [5.41, 5.74) is 0. The minimum absolute atomic E-state index is 0.136. The number of nitrogens with zero attached hydrogens (tertiary/aromatic N) is 1. The van der Waals surface area contributed by atoms with Crippen LogP contribution in [0.2, 0.25) is 0 Å². The van der Waals surface area contributed by atoms with Crippen LogP contribution in [0, 0.1) is 0 Å². The van der Waals surface area contributed by atoms with Crippen molar-refractivity contribution in [3.63, 3.8) is 0 Å². The molecule has 0 radical (unpaired) electrons. The molecule has 2 N–H and O–H groups in total. The summed E-state index contributed by atoms with van der Waals surface area (Å²) in [7, 11) is 1.48. The zero-order valence-electron chi connectivity index (χ0n) is 6.73. The van der Waals surface area contributed by atoms with E-state index in [2.05, 4.69) is 0 Å². The summed E-state index contributed by atoms with van der Waals surface area (Å²) >= 11 is 0. The molecule has 0 fully saturated rings. The van der Waals surface area contributed by atoms with Crippen molar-refractivity contribution in [2.24, 2.45) is 0 Å². The van der Waals surface area contributed by atoms with Crippen LogP contribution in [0.1, 0.15) is 0 Å². The van der Waals surface area contributed by atoms with Crippen LogP contribution in [0.15, 0.2) is 12.2 Å². The molecule has 0 saturated carbocycles. The summed E-state index contributed by atoms with van der Waals surface area (Å²) in [5, 5.41) is 16.6. The number of aliphatic hydroxyl groups excluding tert-OH is 1. The van der Waals surface area contributed by atoms with Gasteiger partial charge in [-0.1, -0.05) is 0 Å². The molecule has 12 heavy (non-hydrogen) atoms. The maximum Gasteiger partial charge on any atom is 0.328 e. The van der Waals surface area contributed by atoms with Crippen molar-refractivity contribution in [2.75, 3.05) is 20.2 Å². The normalized spacial score (nSPS) is 10.2. The SMILES string of the molecule is CN(CCO)C(=O)C=CC(=O)O. The second-order valence-corrected chi connectivity index (χ2v) is 2.15. The molecule has 0 aliphatic rings. The number of aliphatic carboxylic acids is 1. The molecule has 0 bridgehead atoms. The van der Waals surface area contributed by atoms with Crippen molar-refractivity contribution < 1.29 is 19.8 Å². The average molecular weight is 173 g/mol. The Morgan fingerprint density at radius 3 is 2.42 bits per heavy atom. The van der Waals surface area contributed by atoms with Crippen LogP contribution in [0.3, 0.4) is 0 Å². The van der Waals surface area contributed by atoms with Gasteiger partial charge in [-0.25, -0.2) is 4.79 Å². The number of aliphatic hydroxyl groups is 1. The predicted molar refractivity (Wildman–Crippen MR) is 41.5 cm³/mol. The highest BCUT2D eigenvalue weighted by Crippen LogP contribution is 1.85. The highest BCUT2D eigenvalue weighted by molar-refractivity contribution is 5.93. The van der Waals surface area contributed by atoms with Crippen LogP contribution in [0.4, 0.5) is 0 Å². The number of hydrogen-bond acceptors (Lipinski definition) is 3. The van der Waals surface area contributed by atoms with Gasteiger partial charge in [0.25, 0.3) is 0 Å². The van der Waals surface area contributed by atoms with Gasteiger partial charge in [0, 0.05) is 25.7 Å². The number of likely N-dealkylation sites (N-methyl/N-ethyl adjacent to an activating group) is 1. The summed E-state index contributed by atoms with van der Waals surface area (Å²) in [6.07, 6.45) is 1.70. The fraction of sp³-hybridized carbons (Fsp3) is 0.429. The van der Waals surface area contributed by atoms with E-state index in [9.17, 15) is 9.59 Å². The molecule has 0 saturated heterocycles. The first-order valence-electron chi connectivity index (χ1n) is 3.35. The lowest BCUT2D eigenvalue weighted by atomic mass is 10.4. The second kappa shape index (κ2) is 5.31. The van der Waals surface area contributed by atoms with Gasteiger partial charge < -0.3 is 15.1 Å². The fourth-order valence-electron chi connectivity index (χ4n) is 0.530. The Labute approximate surface area is 69.9 Å². The lowest BCUT2D eigenvalue weighted by molar-refractivity contribution is -0.132. The van der Waals surface area contributed by atoms with Crippen molar-refractivity contribution in [1.29, 1.82) is 0 Å². The summed E-state index contributed by atoms with van der Waals surface area (Å²) in [6, 6.07) is 0. The van der Waals surface area contributed by atoms with Crippen LogP contribution in [0.5, 0.6) is 0 Å². The third kappa shape index (κ3) is 4.45. The Bertz CT molecular complexity index is 200. The lowest BCUT2D eigenvalue weighted by Crippen LogP contribution is -2.27. The van der Waals surface area contributed by atoms with E-state index in [4.69, 9.17) is 10.2 Å². The lowest BCUT2D eigenvalue weighted by Gasteiger charge is -2.11. The Hall–Kier alpha value is -1.36. The largest absolute Gasteiger partial charge is 0.478 e.